The molecule has 0 amide bonds. The van der Waals surface area contributed by atoms with Gasteiger partial charge < -0.3 is 15.9 Å². The van der Waals surface area contributed by atoms with E-state index in [-0.39, 0.29) is 11.5 Å². The van der Waals surface area contributed by atoms with Crippen LogP contribution in [0.25, 0.3) is 0 Å². The van der Waals surface area contributed by atoms with E-state index in [1.807, 2.05) is 0 Å². The predicted octanol–water partition coefficient (Wildman–Crippen LogP) is 0.342. The minimum absolute atomic E-state index is 0.113. The fraction of sp³-hybridized carbons (Fsp3) is 0.300. The van der Waals surface area contributed by atoms with Gasteiger partial charge in [-0.05, 0) is 24.6 Å². The smallest absolute Gasteiger partial charge is 0.141 e. The molecular formula is C10H13NO3. The normalized spacial score (nSPS) is 14.8. The number of phenols is 1. The first-order chi connectivity index (χ1) is 6.52. The van der Waals surface area contributed by atoms with Crippen LogP contribution < -0.4 is 5.73 Å². The Morgan fingerprint density at radius 2 is 1.86 bits per heavy atom. The number of hydrogen-bond acceptors (Lipinski definition) is 4. The van der Waals surface area contributed by atoms with Crippen LogP contribution in [0, 0.1) is 0 Å². The summed E-state index contributed by atoms with van der Waals surface area (Å²) in [6, 6.07) is 6.04. The Balaban J connectivity index is 3.00. The number of aromatic hydroxyl groups is 1. The summed E-state index contributed by atoms with van der Waals surface area (Å²) in [5.74, 6) is -0.816. The van der Waals surface area contributed by atoms with Gasteiger partial charge in [-0.1, -0.05) is 12.1 Å². The van der Waals surface area contributed by atoms with Gasteiger partial charge in [0.25, 0.3) is 0 Å². The summed E-state index contributed by atoms with van der Waals surface area (Å²) < 4.78 is 0. The molecule has 0 heterocycles. The lowest BCUT2D eigenvalue weighted by Gasteiger charge is -2.16. The van der Waals surface area contributed by atoms with Gasteiger partial charge in [0.15, 0.2) is 0 Å². The highest BCUT2D eigenvalue weighted by atomic mass is 16.3. The molecule has 2 atom stereocenters. The number of phenolic OH excluding ortho intramolecular Hbond substituents is 1. The van der Waals surface area contributed by atoms with E-state index in [0.717, 1.165) is 0 Å². The van der Waals surface area contributed by atoms with Crippen molar-refractivity contribution in [3.8, 4) is 5.75 Å². The van der Waals surface area contributed by atoms with Crippen molar-refractivity contribution in [2.75, 3.05) is 0 Å². The number of aliphatic hydroxyl groups is 1. The van der Waals surface area contributed by atoms with E-state index in [1.54, 1.807) is 12.1 Å². The molecule has 0 fully saturated rings. The molecule has 0 aliphatic carbocycles. The molecule has 0 spiro atoms. The van der Waals surface area contributed by atoms with Gasteiger partial charge in [0.2, 0.25) is 0 Å². The lowest BCUT2D eigenvalue weighted by Crippen LogP contribution is -2.32. The zero-order valence-electron chi connectivity index (χ0n) is 7.84. The fourth-order valence-corrected chi connectivity index (χ4v) is 1.35. The molecule has 0 aliphatic heterocycles. The topological polar surface area (TPSA) is 83.5 Å². The van der Waals surface area contributed by atoms with Crippen molar-refractivity contribution in [2.45, 2.75) is 19.1 Å². The first kappa shape index (κ1) is 10.7. The van der Waals surface area contributed by atoms with Crippen LogP contribution in [0.2, 0.25) is 0 Å². The first-order valence-electron chi connectivity index (χ1n) is 4.25. The summed E-state index contributed by atoms with van der Waals surface area (Å²) in [6.45, 7) is 1.37. The number of hydrogen-bond donors (Lipinski definition) is 3. The van der Waals surface area contributed by atoms with Gasteiger partial charge in [0.1, 0.15) is 17.8 Å². The minimum Gasteiger partial charge on any atom is -0.508 e. The molecule has 1 rings (SSSR count). The minimum atomic E-state index is -1.21. The standard InChI is InChI=1S/C10H13NO3/c1-6(12)9(10(11)14)7-2-4-8(13)5-3-7/h2-5,9-10,13-14H,11H2,1H3. The van der Waals surface area contributed by atoms with E-state index in [1.165, 1.54) is 19.1 Å². The summed E-state index contributed by atoms with van der Waals surface area (Å²) >= 11 is 0. The van der Waals surface area contributed by atoms with Crippen LogP contribution in [-0.2, 0) is 4.79 Å². The molecule has 76 valence electrons. The molecule has 4 heteroatoms. The number of carbonyl (C=O) groups is 1. The van der Waals surface area contributed by atoms with E-state index in [0.29, 0.717) is 5.56 Å². The van der Waals surface area contributed by atoms with Crippen LogP contribution >= 0.6 is 0 Å². The lowest BCUT2D eigenvalue weighted by molar-refractivity contribution is -0.120. The SMILES string of the molecule is CC(=O)C(c1ccc(O)cc1)C(N)O. The summed E-state index contributed by atoms with van der Waals surface area (Å²) in [4.78, 5) is 11.2. The molecule has 0 aliphatic rings. The van der Waals surface area contributed by atoms with Crippen LogP contribution in [0.3, 0.4) is 0 Å². The second kappa shape index (κ2) is 4.21. The monoisotopic (exact) mass is 195 g/mol. The Kier molecular flexibility index (Phi) is 3.22. The van der Waals surface area contributed by atoms with Gasteiger partial charge in [0.05, 0.1) is 5.92 Å². The Hall–Kier alpha value is -1.39. The maximum atomic E-state index is 11.2. The van der Waals surface area contributed by atoms with Crippen LogP contribution in [0.15, 0.2) is 24.3 Å². The Morgan fingerprint density at radius 1 is 1.36 bits per heavy atom. The predicted molar refractivity (Wildman–Crippen MR) is 51.7 cm³/mol. The molecule has 1 aromatic carbocycles. The summed E-state index contributed by atoms with van der Waals surface area (Å²) in [6.07, 6.45) is -1.21. The van der Waals surface area contributed by atoms with Crippen LogP contribution in [0.4, 0.5) is 0 Å². The lowest BCUT2D eigenvalue weighted by atomic mass is 9.94. The molecule has 2 unspecified atom stereocenters. The number of nitrogens with two attached hydrogens (primary N) is 1. The largest absolute Gasteiger partial charge is 0.508 e. The van der Waals surface area contributed by atoms with Crippen molar-refractivity contribution in [1.82, 2.24) is 0 Å². The van der Waals surface area contributed by atoms with Gasteiger partial charge in [-0.3, -0.25) is 4.79 Å². The third-order valence-corrected chi connectivity index (χ3v) is 2.03. The molecule has 0 saturated heterocycles. The Bertz CT molecular complexity index is 319. The average Bonchev–Trinajstić information content (AvgIpc) is 2.07. The number of carbonyl (C=O) groups excluding carboxylic acids is 1. The van der Waals surface area contributed by atoms with E-state index in [9.17, 15) is 9.90 Å². The molecule has 1 aromatic rings. The molecule has 0 aromatic heterocycles. The van der Waals surface area contributed by atoms with Crippen molar-refractivity contribution < 1.29 is 15.0 Å². The summed E-state index contributed by atoms with van der Waals surface area (Å²) in [5.41, 5.74) is 5.88. The van der Waals surface area contributed by atoms with Crippen LogP contribution in [-0.4, -0.2) is 22.2 Å². The first-order valence-corrected chi connectivity index (χ1v) is 4.25. The highest BCUT2D eigenvalue weighted by molar-refractivity contribution is 5.84. The van der Waals surface area contributed by atoms with E-state index in [2.05, 4.69) is 0 Å². The van der Waals surface area contributed by atoms with Gasteiger partial charge in [-0.25, -0.2) is 0 Å². The highest BCUT2D eigenvalue weighted by Crippen LogP contribution is 2.21. The van der Waals surface area contributed by atoms with Crippen molar-refractivity contribution in [3.05, 3.63) is 29.8 Å². The zero-order valence-corrected chi connectivity index (χ0v) is 7.84. The second-order valence-electron chi connectivity index (χ2n) is 3.17. The van der Waals surface area contributed by atoms with Gasteiger partial charge in [-0.15, -0.1) is 0 Å². The van der Waals surface area contributed by atoms with Crippen molar-refractivity contribution in [2.24, 2.45) is 5.73 Å². The number of benzene rings is 1. The fourth-order valence-electron chi connectivity index (χ4n) is 1.35. The third-order valence-electron chi connectivity index (χ3n) is 2.03. The number of Topliss-reactive ketones (excluding diaryl/α,β-unsaturated/α-hetero) is 1. The molecular weight excluding hydrogens is 182 g/mol. The maximum absolute atomic E-state index is 11.2. The second-order valence-corrected chi connectivity index (χ2v) is 3.17. The third kappa shape index (κ3) is 2.31. The van der Waals surface area contributed by atoms with Gasteiger partial charge in [0, 0.05) is 0 Å². The molecule has 0 radical (unpaired) electrons. The Morgan fingerprint density at radius 3 is 2.21 bits per heavy atom. The average molecular weight is 195 g/mol. The van der Waals surface area contributed by atoms with E-state index >= 15 is 0 Å². The van der Waals surface area contributed by atoms with E-state index < -0.39 is 12.1 Å². The van der Waals surface area contributed by atoms with Crippen molar-refractivity contribution in [1.29, 1.82) is 0 Å². The molecule has 4 nitrogen and oxygen atoms in total. The molecule has 0 saturated carbocycles. The van der Waals surface area contributed by atoms with Crippen LogP contribution in [0.5, 0.6) is 5.75 Å². The number of ketones is 1. The quantitative estimate of drug-likeness (QED) is 0.607. The Labute approximate surface area is 82.0 Å². The molecule has 0 bridgehead atoms. The van der Waals surface area contributed by atoms with Crippen molar-refractivity contribution >= 4 is 5.78 Å². The van der Waals surface area contributed by atoms with Crippen molar-refractivity contribution in [3.63, 3.8) is 0 Å². The number of aliphatic hydroxyl groups excluding tert-OH is 1. The van der Waals surface area contributed by atoms with E-state index in [4.69, 9.17) is 10.8 Å². The van der Waals surface area contributed by atoms with Crippen LogP contribution in [0.1, 0.15) is 18.4 Å². The summed E-state index contributed by atoms with van der Waals surface area (Å²) in [5, 5.41) is 18.2. The number of rotatable bonds is 3. The maximum Gasteiger partial charge on any atom is 0.141 e. The molecule has 4 N–H and O–H groups in total. The van der Waals surface area contributed by atoms with Gasteiger partial charge in [-0.2, -0.15) is 0 Å². The van der Waals surface area contributed by atoms with Gasteiger partial charge >= 0.3 is 0 Å². The zero-order chi connectivity index (χ0) is 10.7. The summed E-state index contributed by atoms with van der Waals surface area (Å²) in [7, 11) is 0. The highest BCUT2D eigenvalue weighted by Gasteiger charge is 2.22. The molecule has 14 heavy (non-hydrogen) atoms.